The molecule has 1 atom stereocenters. The Kier molecular flexibility index (Phi) is 3.73. The quantitative estimate of drug-likeness (QED) is 0.798. The van der Waals surface area contributed by atoms with E-state index in [0.717, 1.165) is 24.1 Å². The fraction of sp³-hybridized carbons (Fsp3) is 0.467. The van der Waals surface area contributed by atoms with Crippen LogP contribution in [0.3, 0.4) is 0 Å². The van der Waals surface area contributed by atoms with Crippen LogP contribution in [0, 0.1) is 6.92 Å². The SMILES string of the molecule is CCNCCC(C)(O)c1cc2cc(C)ccc2o1. The molecule has 1 aromatic carbocycles. The van der Waals surface area contributed by atoms with E-state index >= 15 is 0 Å². The number of nitrogens with one attached hydrogen (secondary N) is 1. The lowest BCUT2D eigenvalue weighted by atomic mass is 9.99. The minimum absolute atomic E-state index is 0.639. The largest absolute Gasteiger partial charge is 0.458 e. The lowest BCUT2D eigenvalue weighted by Gasteiger charge is -2.20. The number of furan rings is 1. The van der Waals surface area contributed by atoms with Crippen molar-refractivity contribution in [2.24, 2.45) is 0 Å². The molecule has 1 unspecified atom stereocenters. The van der Waals surface area contributed by atoms with Crippen molar-refractivity contribution in [3.8, 4) is 0 Å². The van der Waals surface area contributed by atoms with Gasteiger partial charge in [0.05, 0.1) is 0 Å². The second-order valence-electron chi connectivity index (χ2n) is 5.03. The van der Waals surface area contributed by atoms with Crippen molar-refractivity contribution in [3.63, 3.8) is 0 Å². The van der Waals surface area contributed by atoms with Crippen LogP contribution in [-0.4, -0.2) is 18.2 Å². The molecule has 0 amide bonds. The molecule has 3 nitrogen and oxygen atoms in total. The molecule has 1 heterocycles. The first-order chi connectivity index (χ1) is 8.53. The first-order valence-corrected chi connectivity index (χ1v) is 6.47. The van der Waals surface area contributed by atoms with Gasteiger partial charge in [-0.1, -0.05) is 18.6 Å². The topological polar surface area (TPSA) is 45.4 Å². The molecule has 3 heteroatoms. The molecule has 0 saturated carbocycles. The Morgan fingerprint density at radius 1 is 1.33 bits per heavy atom. The summed E-state index contributed by atoms with van der Waals surface area (Å²) in [5, 5.41) is 14.7. The Morgan fingerprint density at radius 3 is 2.83 bits per heavy atom. The third kappa shape index (κ3) is 2.74. The van der Waals surface area contributed by atoms with E-state index < -0.39 is 5.60 Å². The van der Waals surface area contributed by atoms with Crippen LogP contribution >= 0.6 is 0 Å². The van der Waals surface area contributed by atoms with E-state index in [9.17, 15) is 5.11 Å². The van der Waals surface area contributed by atoms with Gasteiger partial charge in [-0.25, -0.2) is 0 Å². The predicted molar refractivity (Wildman–Crippen MR) is 73.7 cm³/mol. The predicted octanol–water partition coefficient (Wildman–Crippen LogP) is 2.95. The lowest BCUT2D eigenvalue weighted by Crippen LogP contribution is -2.27. The Labute approximate surface area is 108 Å². The van der Waals surface area contributed by atoms with Crippen molar-refractivity contribution in [2.45, 2.75) is 32.8 Å². The Hall–Kier alpha value is -1.32. The third-order valence-electron chi connectivity index (χ3n) is 3.24. The van der Waals surface area contributed by atoms with Gasteiger partial charge < -0.3 is 14.8 Å². The molecule has 0 fully saturated rings. The minimum Gasteiger partial charge on any atom is -0.458 e. The van der Waals surface area contributed by atoms with E-state index in [1.807, 2.05) is 18.2 Å². The van der Waals surface area contributed by atoms with Crippen molar-refractivity contribution >= 4 is 11.0 Å². The first kappa shape index (κ1) is 13.1. The minimum atomic E-state index is -0.922. The van der Waals surface area contributed by atoms with Crippen LogP contribution < -0.4 is 5.32 Å². The molecule has 98 valence electrons. The normalized spacial score (nSPS) is 14.9. The highest BCUT2D eigenvalue weighted by atomic mass is 16.4. The van der Waals surface area contributed by atoms with E-state index in [4.69, 9.17) is 4.42 Å². The molecule has 0 radical (unpaired) electrons. The summed E-state index contributed by atoms with van der Waals surface area (Å²) in [5.74, 6) is 0.640. The molecule has 18 heavy (non-hydrogen) atoms. The van der Waals surface area contributed by atoms with Gasteiger partial charge in [0.2, 0.25) is 0 Å². The van der Waals surface area contributed by atoms with Gasteiger partial charge in [-0.05, 0) is 51.6 Å². The number of benzene rings is 1. The zero-order valence-corrected chi connectivity index (χ0v) is 11.3. The lowest BCUT2D eigenvalue weighted by molar-refractivity contribution is 0.0273. The second kappa shape index (κ2) is 5.12. The third-order valence-corrected chi connectivity index (χ3v) is 3.24. The zero-order valence-electron chi connectivity index (χ0n) is 11.3. The van der Waals surface area contributed by atoms with Gasteiger partial charge >= 0.3 is 0 Å². The number of aliphatic hydroxyl groups is 1. The van der Waals surface area contributed by atoms with Crippen LogP contribution in [0.2, 0.25) is 0 Å². The standard InChI is InChI=1S/C15H21NO2/c1-4-16-8-7-15(3,17)14-10-12-9-11(2)5-6-13(12)18-14/h5-6,9-10,16-17H,4,7-8H2,1-3H3. The van der Waals surface area contributed by atoms with Crippen LogP contribution in [0.1, 0.15) is 31.6 Å². The van der Waals surface area contributed by atoms with Crippen LogP contribution in [0.5, 0.6) is 0 Å². The zero-order chi connectivity index (χ0) is 13.2. The van der Waals surface area contributed by atoms with Crippen molar-refractivity contribution in [2.75, 3.05) is 13.1 Å². The molecule has 0 spiro atoms. The monoisotopic (exact) mass is 247 g/mol. The number of fused-ring (bicyclic) bond motifs is 1. The maximum atomic E-state index is 10.4. The average molecular weight is 247 g/mol. The molecule has 2 rings (SSSR count). The molecule has 1 aromatic heterocycles. The molecule has 0 aliphatic heterocycles. The van der Waals surface area contributed by atoms with Crippen molar-refractivity contribution < 1.29 is 9.52 Å². The Morgan fingerprint density at radius 2 is 2.11 bits per heavy atom. The van der Waals surface area contributed by atoms with Gasteiger partial charge in [0.1, 0.15) is 16.9 Å². The van der Waals surface area contributed by atoms with E-state index in [0.29, 0.717) is 12.2 Å². The fourth-order valence-electron chi connectivity index (χ4n) is 2.06. The number of hydrogen-bond donors (Lipinski definition) is 2. The van der Waals surface area contributed by atoms with Crippen molar-refractivity contribution in [1.29, 1.82) is 0 Å². The second-order valence-corrected chi connectivity index (χ2v) is 5.03. The maximum Gasteiger partial charge on any atom is 0.136 e. The molecule has 2 N–H and O–H groups in total. The highest BCUT2D eigenvalue weighted by Gasteiger charge is 2.26. The smallest absolute Gasteiger partial charge is 0.136 e. The Bertz CT molecular complexity index is 528. The van der Waals surface area contributed by atoms with E-state index in [1.54, 1.807) is 6.92 Å². The number of rotatable bonds is 5. The number of hydrogen-bond acceptors (Lipinski definition) is 3. The van der Waals surface area contributed by atoms with Crippen LogP contribution in [0.4, 0.5) is 0 Å². The average Bonchev–Trinajstić information content (AvgIpc) is 2.72. The summed E-state index contributed by atoms with van der Waals surface area (Å²) in [7, 11) is 0. The molecule has 0 aliphatic carbocycles. The molecule has 0 bridgehead atoms. The van der Waals surface area contributed by atoms with E-state index in [2.05, 4.69) is 25.2 Å². The van der Waals surface area contributed by atoms with Gasteiger partial charge in [0.15, 0.2) is 0 Å². The first-order valence-electron chi connectivity index (χ1n) is 6.47. The molecular weight excluding hydrogens is 226 g/mol. The molecule has 2 aromatic rings. The van der Waals surface area contributed by atoms with Gasteiger partial charge in [-0.15, -0.1) is 0 Å². The van der Waals surface area contributed by atoms with E-state index in [1.165, 1.54) is 5.56 Å². The molecular formula is C15H21NO2. The summed E-state index contributed by atoms with van der Waals surface area (Å²) in [4.78, 5) is 0. The fourth-order valence-corrected chi connectivity index (χ4v) is 2.06. The van der Waals surface area contributed by atoms with Crippen LogP contribution in [-0.2, 0) is 5.60 Å². The summed E-state index contributed by atoms with van der Waals surface area (Å²) in [6.07, 6.45) is 0.639. The molecule has 0 saturated heterocycles. The Balaban J connectivity index is 2.24. The van der Waals surface area contributed by atoms with Crippen molar-refractivity contribution in [1.82, 2.24) is 5.32 Å². The summed E-state index contributed by atoms with van der Waals surface area (Å²) >= 11 is 0. The van der Waals surface area contributed by atoms with Gasteiger partial charge in [0.25, 0.3) is 0 Å². The number of aryl methyl sites for hydroxylation is 1. The summed E-state index contributed by atoms with van der Waals surface area (Å²) in [5.41, 5.74) is 1.11. The van der Waals surface area contributed by atoms with Crippen LogP contribution in [0.15, 0.2) is 28.7 Å². The van der Waals surface area contributed by atoms with Gasteiger partial charge in [-0.3, -0.25) is 0 Å². The van der Waals surface area contributed by atoms with E-state index in [-0.39, 0.29) is 0 Å². The van der Waals surface area contributed by atoms with Crippen LogP contribution in [0.25, 0.3) is 11.0 Å². The highest BCUT2D eigenvalue weighted by molar-refractivity contribution is 5.78. The molecule has 0 aliphatic rings. The highest BCUT2D eigenvalue weighted by Crippen LogP contribution is 2.30. The van der Waals surface area contributed by atoms with Crippen molar-refractivity contribution in [3.05, 3.63) is 35.6 Å². The summed E-state index contributed by atoms with van der Waals surface area (Å²) in [6.45, 7) is 7.60. The van der Waals surface area contributed by atoms with Gasteiger partial charge in [0, 0.05) is 5.39 Å². The van der Waals surface area contributed by atoms with Gasteiger partial charge in [-0.2, -0.15) is 0 Å². The summed E-state index contributed by atoms with van der Waals surface area (Å²) in [6, 6.07) is 7.98. The maximum absolute atomic E-state index is 10.4. The summed E-state index contributed by atoms with van der Waals surface area (Å²) < 4.78 is 5.74.